The summed E-state index contributed by atoms with van der Waals surface area (Å²) in [7, 11) is -1.73. The Morgan fingerprint density at radius 1 is 1.32 bits per heavy atom. The number of hydrogen-bond acceptors (Lipinski definition) is 3. The van der Waals surface area contributed by atoms with E-state index in [1.165, 1.54) is 6.07 Å². The number of hydrogen-bond donors (Lipinski definition) is 1. The first-order chi connectivity index (χ1) is 10.1. The first-order valence-corrected chi connectivity index (χ1v) is 12.3. The first kappa shape index (κ1) is 17.5. The summed E-state index contributed by atoms with van der Waals surface area (Å²) in [5.74, 6) is 0. The molecule has 0 amide bonds. The Bertz CT molecular complexity index is 672. The van der Waals surface area contributed by atoms with E-state index in [2.05, 4.69) is 51.0 Å². The quantitative estimate of drug-likeness (QED) is 0.636. The Balaban J connectivity index is 1.98. The van der Waals surface area contributed by atoms with Gasteiger partial charge < -0.3 is 0 Å². The van der Waals surface area contributed by atoms with Crippen molar-refractivity contribution in [1.29, 1.82) is 0 Å². The predicted molar refractivity (Wildman–Crippen MR) is 92.2 cm³/mol. The topological polar surface area (TPSA) is 64.1 Å². The van der Waals surface area contributed by atoms with Gasteiger partial charge in [-0.3, -0.25) is 0 Å². The number of aromatic amines is 1. The number of rotatable bonds is 4. The van der Waals surface area contributed by atoms with Gasteiger partial charge in [0, 0.05) is 0 Å². The van der Waals surface area contributed by atoms with Crippen LogP contribution in [0.15, 0.2) is 34.0 Å². The molecule has 1 N–H and O–H groups in total. The van der Waals surface area contributed by atoms with Crippen molar-refractivity contribution in [2.75, 3.05) is 6.61 Å². The van der Waals surface area contributed by atoms with Gasteiger partial charge in [-0.1, -0.05) is 0 Å². The fraction of sp³-hybridized carbons (Fsp3) is 0.600. The van der Waals surface area contributed by atoms with Gasteiger partial charge in [-0.25, -0.2) is 0 Å². The van der Waals surface area contributed by atoms with Crippen molar-refractivity contribution in [3.05, 3.63) is 45.3 Å². The molecule has 1 aromatic heterocycles. The molecule has 22 heavy (non-hydrogen) atoms. The van der Waals surface area contributed by atoms with Gasteiger partial charge >= 0.3 is 138 Å². The molecule has 2 rings (SSSR count). The van der Waals surface area contributed by atoms with Crippen LogP contribution in [0.5, 0.6) is 0 Å². The molecule has 1 aliphatic heterocycles. The Hall–Kier alpha value is -0.884. The zero-order valence-corrected chi connectivity index (χ0v) is 16.5. The number of H-pyrrole nitrogens is 1. The maximum atomic E-state index is 11.8. The van der Waals surface area contributed by atoms with Crippen molar-refractivity contribution >= 4 is 23.3 Å². The fourth-order valence-electron chi connectivity index (χ4n) is 1.88. The molecule has 0 bridgehead atoms. The molecular formula is C15H24N2O3SeSi. The Morgan fingerprint density at radius 3 is 2.59 bits per heavy atom. The minimum atomic E-state index is -1.73. The van der Waals surface area contributed by atoms with Gasteiger partial charge in [-0.2, -0.15) is 0 Å². The van der Waals surface area contributed by atoms with Crippen molar-refractivity contribution in [1.82, 2.24) is 9.55 Å². The van der Waals surface area contributed by atoms with E-state index >= 15 is 0 Å². The Labute approximate surface area is 138 Å². The predicted octanol–water partition coefficient (Wildman–Crippen LogP) is 2.12. The molecule has 2 atom stereocenters. The van der Waals surface area contributed by atoms with Crippen LogP contribution < -0.4 is 11.2 Å². The average Bonchev–Trinajstić information content (AvgIpc) is 2.83. The molecule has 7 heteroatoms. The number of allylic oxidation sites excluding steroid dienone is 1. The van der Waals surface area contributed by atoms with E-state index in [-0.39, 0.29) is 36.2 Å². The molecule has 0 saturated heterocycles. The summed E-state index contributed by atoms with van der Waals surface area (Å²) in [6, 6.07) is 1.39. The summed E-state index contributed by atoms with van der Waals surface area (Å²) in [6.07, 6.45) is 5.78. The maximum absolute atomic E-state index is 11.8. The molecule has 1 aliphatic rings. The molecule has 2 heterocycles. The monoisotopic (exact) mass is 388 g/mol. The summed E-state index contributed by atoms with van der Waals surface area (Å²) < 4.78 is 7.87. The van der Waals surface area contributed by atoms with Gasteiger partial charge in [0.05, 0.1) is 0 Å². The molecular weight excluding hydrogens is 363 g/mol. The second kappa shape index (κ2) is 6.32. The number of aromatic nitrogens is 2. The number of nitrogens with one attached hydrogen (secondary N) is 1. The van der Waals surface area contributed by atoms with Crippen LogP contribution in [0.25, 0.3) is 0 Å². The van der Waals surface area contributed by atoms with Gasteiger partial charge in [0.25, 0.3) is 0 Å². The van der Waals surface area contributed by atoms with E-state index in [4.69, 9.17) is 4.43 Å². The zero-order valence-electron chi connectivity index (χ0n) is 13.8. The van der Waals surface area contributed by atoms with Gasteiger partial charge in [0.1, 0.15) is 0 Å². The van der Waals surface area contributed by atoms with Crippen LogP contribution in [0.3, 0.4) is 0 Å². The van der Waals surface area contributed by atoms with E-state index in [0.29, 0.717) is 4.82 Å². The van der Waals surface area contributed by atoms with Crippen molar-refractivity contribution in [3.8, 4) is 0 Å². The third-order valence-electron chi connectivity index (χ3n) is 4.34. The van der Waals surface area contributed by atoms with Crippen LogP contribution in [0.1, 0.15) is 25.7 Å². The Kier molecular flexibility index (Phi) is 5.02. The van der Waals surface area contributed by atoms with Crippen molar-refractivity contribution in [2.45, 2.75) is 48.7 Å². The molecule has 1 aromatic rings. The second-order valence-electron chi connectivity index (χ2n) is 7.04. The molecule has 0 radical (unpaired) electrons. The van der Waals surface area contributed by atoms with E-state index < -0.39 is 8.32 Å². The van der Waals surface area contributed by atoms with E-state index in [0.717, 1.165) is 6.61 Å². The molecule has 0 spiro atoms. The third-order valence-corrected chi connectivity index (χ3v) is 11.6. The van der Waals surface area contributed by atoms with E-state index in [1.54, 1.807) is 10.8 Å². The SMILES string of the molecule is CC(C)(C)[Si](C)(C)OC[C@@H]1C=C[C@H](n2ccc(=O)[nH]c2=O)[Se]1. The van der Waals surface area contributed by atoms with Crippen LogP contribution >= 0.6 is 0 Å². The minimum absolute atomic E-state index is 0.0601. The van der Waals surface area contributed by atoms with Crippen LogP contribution in [0, 0.1) is 0 Å². The third kappa shape index (κ3) is 3.90. The van der Waals surface area contributed by atoms with Crippen molar-refractivity contribution in [3.63, 3.8) is 0 Å². The standard InChI is InChI=1S/C15H24N2O3SeSi/c1-15(2,3)22(4,5)20-10-11-6-7-13(21-11)17-9-8-12(18)16-14(17)19/h6-9,11,13H,10H2,1-5H3,(H,16,18,19)/t11-,13+/m0/s1. The second-order valence-corrected chi connectivity index (χ2v) is 14.7. The normalized spacial score (nSPS) is 22.2. The van der Waals surface area contributed by atoms with Crippen LogP contribution in [-0.2, 0) is 4.43 Å². The van der Waals surface area contributed by atoms with Crippen LogP contribution in [0.2, 0.25) is 22.9 Å². The number of nitrogens with zero attached hydrogens (tertiary/aromatic N) is 1. The summed E-state index contributed by atoms with van der Waals surface area (Å²) >= 11 is 0.213. The molecule has 5 nitrogen and oxygen atoms in total. The van der Waals surface area contributed by atoms with Crippen LogP contribution in [0.4, 0.5) is 0 Å². The van der Waals surface area contributed by atoms with Crippen LogP contribution in [-0.4, -0.2) is 39.4 Å². The molecule has 0 unspecified atom stereocenters. The average molecular weight is 387 g/mol. The summed E-state index contributed by atoms with van der Waals surface area (Å²) in [6.45, 7) is 11.9. The summed E-state index contributed by atoms with van der Waals surface area (Å²) in [5, 5.41) is 0.206. The van der Waals surface area contributed by atoms with Gasteiger partial charge in [-0.15, -0.1) is 0 Å². The first-order valence-electron chi connectivity index (χ1n) is 7.39. The van der Waals surface area contributed by atoms with Gasteiger partial charge in [0.2, 0.25) is 0 Å². The molecule has 0 aromatic carbocycles. The van der Waals surface area contributed by atoms with E-state index in [1.807, 2.05) is 0 Å². The molecule has 0 aliphatic carbocycles. The van der Waals surface area contributed by atoms with Crippen molar-refractivity contribution in [2.24, 2.45) is 0 Å². The zero-order chi connectivity index (χ0) is 16.5. The van der Waals surface area contributed by atoms with Crippen molar-refractivity contribution < 1.29 is 4.43 Å². The summed E-state index contributed by atoms with van der Waals surface area (Å²) in [4.78, 5) is 25.7. The van der Waals surface area contributed by atoms with E-state index in [9.17, 15) is 9.59 Å². The fourth-order valence-corrected chi connectivity index (χ4v) is 5.62. The molecule has 0 saturated carbocycles. The van der Waals surface area contributed by atoms with Gasteiger partial charge in [-0.05, 0) is 0 Å². The summed E-state index contributed by atoms with van der Waals surface area (Å²) in [5.41, 5.74) is -0.691. The molecule has 0 fully saturated rings. The Morgan fingerprint density at radius 2 is 2.00 bits per heavy atom. The molecule has 122 valence electrons. The van der Waals surface area contributed by atoms with Gasteiger partial charge in [0.15, 0.2) is 0 Å².